The molecule has 1 N–H and O–H groups in total. The van der Waals surface area contributed by atoms with E-state index in [2.05, 4.69) is 28.2 Å². The van der Waals surface area contributed by atoms with Crippen LogP contribution in [0.15, 0.2) is 0 Å². The molecule has 0 aromatic heterocycles. The lowest BCUT2D eigenvalue weighted by Gasteiger charge is -2.29. The Labute approximate surface area is 71.7 Å². The summed E-state index contributed by atoms with van der Waals surface area (Å²) in [5.74, 6) is 0.881. The van der Waals surface area contributed by atoms with E-state index in [0.29, 0.717) is 0 Å². The second-order valence-electron chi connectivity index (χ2n) is 3.16. The minimum absolute atomic E-state index is 0.771. The van der Waals surface area contributed by atoms with Crippen molar-refractivity contribution in [3.05, 3.63) is 0 Å². The molecule has 1 nitrogen and oxygen atoms in total. The van der Waals surface area contributed by atoms with E-state index in [4.69, 9.17) is 0 Å². The van der Waals surface area contributed by atoms with E-state index in [0.717, 1.165) is 17.3 Å². The molecule has 0 unspecified atom stereocenters. The highest BCUT2D eigenvalue weighted by molar-refractivity contribution is 9.09. The molecule has 2 atom stereocenters. The van der Waals surface area contributed by atoms with E-state index in [-0.39, 0.29) is 0 Å². The number of piperidine rings is 1. The van der Waals surface area contributed by atoms with Gasteiger partial charge in [0.2, 0.25) is 0 Å². The van der Waals surface area contributed by atoms with Crippen LogP contribution in [-0.2, 0) is 0 Å². The van der Waals surface area contributed by atoms with Crippen molar-refractivity contribution in [3.63, 3.8) is 0 Å². The molecule has 0 aromatic carbocycles. The summed E-state index contributed by atoms with van der Waals surface area (Å²) >= 11 is 3.47. The lowest BCUT2D eigenvalue weighted by molar-refractivity contribution is 0.295. The average Bonchev–Trinajstić information content (AvgIpc) is 1.94. The summed E-state index contributed by atoms with van der Waals surface area (Å²) in [7, 11) is 0. The second-order valence-corrected chi connectivity index (χ2v) is 3.95. The van der Waals surface area contributed by atoms with E-state index < -0.39 is 0 Å². The van der Waals surface area contributed by atoms with E-state index in [9.17, 15) is 0 Å². The van der Waals surface area contributed by atoms with E-state index >= 15 is 0 Å². The third-order valence-electron chi connectivity index (χ3n) is 2.35. The topological polar surface area (TPSA) is 12.0 Å². The summed E-state index contributed by atoms with van der Waals surface area (Å²) < 4.78 is 0. The van der Waals surface area contributed by atoms with Gasteiger partial charge in [0, 0.05) is 11.4 Å². The first-order valence-electron chi connectivity index (χ1n) is 4.14. The first-order valence-corrected chi connectivity index (χ1v) is 5.26. The molecule has 2 heteroatoms. The molecule has 1 heterocycles. The minimum Gasteiger partial charge on any atom is -0.314 e. The van der Waals surface area contributed by atoms with Gasteiger partial charge in [-0.05, 0) is 31.7 Å². The zero-order valence-electron chi connectivity index (χ0n) is 6.57. The van der Waals surface area contributed by atoms with Crippen LogP contribution >= 0.6 is 15.9 Å². The van der Waals surface area contributed by atoms with Crippen molar-refractivity contribution in [3.8, 4) is 0 Å². The monoisotopic (exact) mass is 205 g/mol. The Morgan fingerprint density at radius 3 is 3.00 bits per heavy atom. The molecular weight excluding hydrogens is 190 g/mol. The first kappa shape index (κ1) is 8.54. The van der Waals surface area contributed by atoms with Crippen molar-refractivity contribution in [2.24, 2.45) is 5.92 Å². The molecule has 60 valence electrons. The van der Waals surface area contributed by atoms with Crippen LogP contribution in [0.4, 0.5) is 0 Å². The smallest absolute Gasteiger partial charge is 0.0101 e. The van der Waals surface area contributed by atoms with Gasteiger partial charge in [0.1, 0.15) is 0 Å². The van der Waals surface area contributed by atoms with Gasteiger partial charge in [-0.2, -0.15) is 0 Å². The third-order valence-corrected chi connectivity index (χ3v) is 2.81. The zero-order chi connectivity index (χ0) is 7.40. The van der Waals surface area contributed by atoms with Gasteiger partial charge < -0.3 is 5.32 Å². The largest absolute Gasteiger partial charge is 0.314 e. The molecule has 10 heavy (non-hydrogen) atoms. The van der Waals surface area contributed by atoms with Gasteiger partial charge in [0.25, 0.3) is 0 Å². The number of rotatable bonds is 2. The maximum Gasteiger partial charge on any atom is 0.0101 e. The number of nitrogens with one attached hydrogen (secondary N) is 1. The Kier molecular flexibility index (Phi) is 3.71. The van der Waals surface area contributed by atoms with Gasteiger partial charge in [-0.25, -0.2) is 0 Å². The number of hydrogen-bond donors (Lipinski definition) is 1. The summed E-state index contributed by atoms with van der Waals surface area (Å²) in [5.41, 5.74) is 0. The van der Waals surface area contributed by atoms with Crippen LogP contribution in [0.25, 0.3) is 0 Å². The van der Waals surface area contributed by atoms with Crippen LogP contribution in [0.1, 0.15) is 26.2 Å². The standard InChI is InChI=1S/C8H16BrN/c1-7-3-2-6-10-8(7)4-5-9/h7-8,10H,2-6H2,1H3/t7-,8-/m1/s1. The Hall–Kier alpha value is 0.440. The zero-order valence-corrected chi connectivity index (χ0v) is 8.15. The Morgan fingerprint density at radius 1 is 1.60 bits per heavy atom. The molecule has 0 aliphatic carbocycles. The van der Waals surface area contributed by atoms with Crippen molar-refractivity contribution in [2.75, 3.05) is 11.9 Å². The number of alkyl halides is 1. The molecule has 0 radical (unpaired) electrons. The highest BCUT2D eigenvalue weighted by Crippen LogP contribution is 2.18. The fraction of sp³-hybridized carbons (Fsp3) is 1.00. The Bertz CT molecular complexity index is 93.3. The molecule has 0 amide bonds. The summed E-state index contributed by atoms with van der Waals surface area (Å²) in [4.78, 5) is 0. The molecule has 1 aliphatic heterocycles. The minimum atomic E-state index is 0.771. The molecule has 1 aliphatic rings. The van der Waals surface area contributed by atoms with Crippen LogP contribution in [0.2, 0.25) is 0 Å². The van der Waals surface area contributed by atoms with Gasteiger partial charge >= 0.3 is 0 Å². The highest BCUT2D eigenvalue weighted by atomic mass is 79.9. The van der Waals surface area contributed by atoms with Crippen LogP contribution in [0, 0.1) is 5.92 Å². The average molecular weight is 206 g/mol. The lowest BCUT2D eigenvalue weighted by atomic mass is 9.91. The molecule has 0 bridgehead atoms. The van der Waals surface area contributed by atoms with Gasteiger partial charge in [0.05, 0.1) is 0 Å². The quantitative estimate of drug-likeness (QED) is 0.682. The first-order chi connectivity index (χ1) is 4.84. The van der Waals surface area contributed by atoms with E-state index in [1.165, 1.54) is 25.8 Å². The van der Waals surface area contributed by atoms with Crippen LogP contribution < -0.4 is 5.32 Å². The molecule has 1 fully saturated rings. The normalized spacial score (nSPS) is 34.2. The van der Waals surface area contributed by atoms with Crippen LogP contribution in [0.5, 0.6) is 0 Å². The summed E-state index contributed by atoms with van der Waals surface area (Å²) in [6, 6.07) is 0.771. The SMILES string of the molecule is C[C@@H]1CCCN[C@@H]1CCBr. The van der Waals surface area contributed by atoms with Crippen LogP contribution in [-0.4, -0.2) is 17.9 Å². The maximum atomic E-state index is 3.54. The van der Waals surface area contributed by atoms with Gasteiger partial charge in [-0.1, -0.05) is 22.9 Å². The van der Waals surface area contributed by atoms with Crippen molar-refractivity contribution >= 4 is 15.9 Å². The lowest BCUT2D eigenvalue weighted by Crippen LogP contribution is -2.40. The van der Waals surface area contributed by atoms with Crippen molar-refractivity contribution in [1.29, 1.82) is 0 Å². The van der Waals surface area contributed by atoms with Crippen molar-refractivity contribution in [2.45, 2.75) is 32.2 Å². The Balaban J connectivity index is 2.25. The van der Waals surface area contributed by atoms with Gasteiger partial charge in [-0.15, -0.1) is 0 Å². The molecule has 0 aromatic rings. The third kappa shape index (κ3) is 2.24. The van der Waals surface area contributed by atoms with Crippen molar-refractivity contribution < 1.29 is 0 Å². The molecule has 0 spiro atoms. The number of hydrogen-bond acceptors (Lipinski definition) is 1. The molecular formula is C8H16BrN. The summed E-state index contributed by atoms with van der Waals surface area (Å²) in [6.07, 6.45) is 4.05. The predicted molar refractivity (Wildman–Crippen MR) is 48.6 cm³/mol. The predicted octanol–water partition coefficient (Wildman–Crippen LogP) is 2.16. The summed E-state index contributed by atoms with van der Waals surface area (Å²) in [6.45, 7) is 3.57. The van der Waals surface area contributed by atoms with E-state index in [1.54, 1.807) is 0 Å². The van der Waals surface area contributed by atoms with Crippen molar-refractivity contribution in [1.82, 2.24) is 5.32 Å². The highest BCUT2D eigenvalue weighted by Gasteiger charge is 2.19. The number of halogens is 1. The Morgan fingerprint density at radius 2 is 2.40 bits per heavy atom. The fourth-order valence-corrected chi connectivity index (χ4v) is 2.11. The van der Waals surface area contributed by atoms with Crippen LogP contribution in [0.3, 0.4) is 0 Å². The fourth-order valence-electron chi connectivity index (χ4n) is 1.62. The molecule has 0 saturated carbocycles. The van der Waals surface area contributed by atoms with Gasteiger partial charge in [-0.3, -0.25) is 0 Å². The summed E-state index contributed by atoms with van der Waals surface area (Å²) in [5, 5.41) is 4.67. The molecule has 1 rings (SSSR count). The van der Waals surface area contributed by atoms with E-state index in [1.807, 2.05) is 0 Å². The maximum absolute atomic E-state index is 3.54. The second kappa shape index (κ2) is 4.35. The van der Waals surface area contributed by atoms with Gasteiger partial charge in [0.15, 0.2) is 0 Å². The molecule has 1 saturated heterocycles.